The molecule has 0 amide bonds. The van der Waals surface area contributed by atoms with Crippen molar-refractivity contribution in [2.45, 2.75) is 13.1 Å². The van der Waals surface area contributed by atoms with Crippen LogP contribution < -0.4 is 9.47 Å². The molecule has 3 heterocycles. The largest absolute Gasteiger partial charge is 0.493 e. The van der Waals surface area contributed by atoms with Gasteiger partial charge < -0.3 is 9.47 Å². The molecule has 32 heavy (non-hydrogen) atoms. The highest BCUT2D eigenvalue weighted by molar-refractivity contribution is 7.18. The summed E-state index contributed by atoms with van der Waals surface area (Å²) in [5, 5.41) is 4.38. The second-order valence-electron chi connectivity index (χ2n) is 7.84. The van der Waals surface area contributed by atoms with E-state index < -0.39 is 0 Å². The zero-order valence-corrected chi connectivity index (χ0v) is 19.9. The Labute approximate surface area is 196 Å². The molecule has 166 valence electrons. The van der Waals surface area contributed by atoms with Gasteiger partial charge in [-0.1, -0.05) is 12.1 Å². The van der Waals surface area contributed by atoms with Gasteiger partial charge in [0.25, 0.3) is 0 Å². The van der Waals surface area contributed by atoms with Gasteiger partial charge in [0.05, 0.1) is 36.7 Å². The monoisotopic (exact) mass is 466 g/mol. The number of para-hydroxylation sites is 1. The van der Waals surface area contributed by atoms with E-state index in [4.69, 9.17) is 19.4 Å². The molecule has 1 fully saturated rings. The fraction of sp³-hybridized carbons (Fsp3) is 0.333. The van der Waals surface area contributed by atoms with Crippen molar-refractivity contribution in [3.63, 3.8) is 0 Å². The van der Waals surface area contributed by atoms with Gasteiger partial charge in [-0.25, -0.2) is 9.97 Å². The van der Waals surface area contributed by atoms with Crippen LogP contribution >= 0.6 is 22.7 Å². The van der Waals surface area contributed by atoms with Gasteiger partial charge in [0, 0.05) is 43.7 Å². The summed E-state index contributed by atoms with van der Waals surface area (Å²) in [6.07, 6.45) is 0. The number of thiazole rings is 2. The number of benzene rings is 2. The van der Waals surface area contributed by atoms with Crippen LogP contribution in [0.25, 0.3) is 20.8 Å². The SMILES string of the molecule is COc1ccc(-c2nc(CN3CCN(Cc4nc5ccccc5s4)CC3)cs2)cc1OC. The summed E-state index contributed by atoms with van der Waals surface area (Å²) in [4.78, 5) is 14.7. The second-order valence-corrected chi connectivity index (χ2v) is 9.81. The lowest BCUT2D eigenvalue weighted by Crippen LogP contribution is -2.45. The van der Waals surface area contributed by atoms with Crippen molar-refractivity contribution in [1.82, 2.24) is 19.8 Å². The van der Waals surface area contributed by atoms with Crippen LogP contribution in [0.2, 0.25) is 0 Å². The number of aromatic nitrogens is 2. The maximum Gasteiger partial charge on any atom is 0.161 e. The van der Waals surface area contributed by atoms with E-state index >= 15 is 0 Å². The van der Waals surface area contributed by atoms with E-state index in [2.05, 4.69) is 39.4 Å². The Kier molecular flexibility index (Phi) is 6.36. The van der Waals surface area contributed by atoms with Crippen molar-refractivity contribution in [3.05, 3.63) is 58.5 Å². The third kappa shape index (κ3) is 4.63. The van der Waals surface area contributed by atoms with Crippen LogP contribution in [0.3, 0.4) is 0 Å². The normalized spacial score (nSPS) is 15.3. The first-order valence-electron chi connectivity index (χ1n) is 10.7. The molecule has 4 aromatic rings. The highest BCUT2D eigenvalue weighted by Crippen LogP contribution is 2.33. The fourth-order valence-corrected chi connectivity index (χ4v) is 5.81. The van der Waals surface area contributed by atoms with E-state index in [0.717, 1.165) is 72.5 Å². The Balaban J connectivity index is 1.17. The van der Waals surface area contributed by atoms with Gasteiger partial charge in [-0.05, 0) is 30.3 Å². The zero-order valence-electron chi connectivity index (χ0n) is 18.3. The molecular formula is C24H26N4O2S2. The minimum atomic E-state index is 0.728. The van der Waals surface area contributed by atoms with E-state index in [0.29, 0.717) is 0 Å². The maximum absolute atomic E-state index is 5.43. The van der Waals surface area contributed by atoms with Crippen molar-refractivity contribution in [2.75, 3.05) is 40.4 Å². The third-order valence-corrected chi connectivity index (χ3v) is 7.69. The first-order valence-corrected chi connectivity index (χ1v) is 12.4. The molecule has 2 aromatic carbocycles. The van der Waals surface area contributed by atoms with Gasteiger partial charge in [0.15, 0.2) is 11.5 Å². The second kappa shape index (κ2) is 9.54. The number of hydrogen-bond donors (Lipinski definition) is 0. The Morgan fingerprint density at radius 2 is 1.62 bits per heavy atom. The number of piperazine rings is 1. The predicted molar refractivity (Wildman–Crippen MR) is 131 cm³/mol. The number of hydrogen-bond acceptors (Lipinski definition) is 8. The first kappa shape index (κ1) is 21.3. The molecule has 0 saturated carbocycles. The van der Waals surface area contributed by atoms with Crippen LogP contribution in [0.1, 0.15) is 10.7 Å². The topological polar surface area (TPSA) is 50.7 Å². The first-order chi connectivity index (χ1) is 15.7. The molecule has 1 aliphatic heterocycles. The molecule has 1 saturated heterocycles. The highest BCUT2D eigenvalue weighted by Gasteiger charge is 2.19. The Hall–Kier alpha value is -2.52. The van der Waals surface area contributed by atoms with Crippen LogP contribution in [0, 0.1) is 0 Å². The molecule has 1 aliphatic rings. The van der Waals surface area contributed by atoms with Crippen LogP contribution in [-0.2, 0) is 13.1 Å². The molecular weight excluding hydrogens is 440 g/mol. The van der Waals surface area contributed by atoms with Crippen LogP contribution in [-0.4, -0.2) is 60.2 Å². The van der Waals surface area contributed by atoms with Gasteiger partial charge in [-0.15, -0.1) is 22.7 Å². The summed E-state index contributed by atoms with van der Waals surface area (Å²) in [6.45, 7) is 6.04. The lowest BCUT2D eigenvalue weighted by molar-refractivity contribution is 0.121. The Morgan fingerprint density at radius 1 is 0.875 bits per heavy atom. The maximum atomic E-state index is 5.43. The molecule has 5 rings (SSSR count). The minimum absolute atomic E-state index is 0.728. The average Bonchev–Trinajstić information content (AvgIpc) is 3.46. The van der Waals surface area contributed by atoms with Crippen LogP contribution in [0.15, 0.2) is 47.8 Å². The minimum Gasteiger partial charge on any atom is -0.493 e. The lowest BCUT2D eigenvalue weighted by atomic mass is 10.2. The van der Waals surface area contributed by atoms with Crippen molar-refractivity contribution in [3.8, 4) is 22.1 Å². The summed E-state index contributed by atoms with van der Waals surface area (Å²) in [5.41, 5.74) is 3.29. The smallest absolute Gasteiger partial charge is 0.161 e. The standard InChI is InChI=1S/C24H26N4O2S2/c1-29-20-8-7-17(13-21(20)30-2)24-25-18(16-31-24)14-27-9-11-28(12-10-27)15-23-26-19-5-3-4-6-22(19)32-23/h3-8,13,16H,9-12,14-15H2,1-2H3. The third-order valence-electron chi connectivity index (χ3n) is 5.73. The summed E-state index contributed by atoms with van der Waals surface area (Å²) in [7, 11) is 3.31. The van der Waals surface area contributed by atoms with E-state index in [1.54, 1.807) is 25.6 Å². The zero-order chi connectivity index (χ0) is 21.9. The van der Waals surface area contributed by atoms with Crippen LogP contribution in [0.4, 0.5) is 0 Å². The molecule has 0 unspecified atom stereocenters. The number of methoxy groups -OCH3 is 2. The molecule has 6 nitrogen and oxygen atoms in total. The van der Waals surface area contributed by atoms with E-state index in [9.17, 15) is 0 Å². The molecule has 0 N–H and O–H groups in total. The van der Waals surface area contributed by atoms with Crippen molar-refractivity contribution in [1.29, 1.82) is 0 Å². The summed E-state index contributed by atoms with van der Waals surface area (Å²) >= 11 is 3.48. The summed E-state index contributed by atoms with van der Waals surface area (Å²) in [5.74, 6) is 1.46. The molecule has 8 heteroatoms. The van der Waals surface area contributed by atoms with Crippen LogP contribution in [0.5, 0.6) is 11.5 Å². The van der Waals surface area contributed by atoms with Gasteiger partial charge in [-0.2, -0.15) is 0 Å². The van der Waals surface area contributed by atoms with Gasteiger partial charge in [0.1, 0.15) is 10.0 Å². The molecule has 0 bridgehead atoms. The van der Waals surface area contributed by atoms with Crippen molar-refractivity contribution in [2.24, 2.45) is 0 Å². The average molecular weight is 467 g/mol. The summed E-state index contributed by atoms with van der Waals surface area (Å²) in [6, 6.07) is 14.3. The van der Waals surface area contributed by atoms with Gasteiger partial charge in [0.2, 0.25) is 0 Å². The Bertz CT molecular complexity index is 1160. The summed E-state index contributed by atoms with van der Waals surface area (Å²) < 4.78 is 12.0. The molecule has 0 atom stereocenters. The number of rotatable bonds is 7. The number of nitrogens with zero attached hydrogens (tertiary/aromatic N) is 4. The van der Waals surface area contributed by atoms with E-state index in [1.165, 1.54) is 9.71 Å². The quantitative estimate of drug-likeness (QED) is 0.392. The molecule has 0 radical (unpaired) electrons. The van der Waals surface area contributed by atoms with Gasteiger partial charge >= 0.3 is 0 Å². The fourth-order valence-electron chi connectivity index (χ4n) is 3.99. The van der Waals surface area contributed by atoms with Crippen molar-refractivity contribution >= 4 is 32.9 Å². The molecule has 0 aliphatic carbocycles. The van der Waals surface area contributed by atoms with E-state index in [-0.39, 0.29) is 0 Å². The van der Waals surface area contributed by atoms with Gasteiger partial charge in [-0.3, -0.25) is 9.80 Å². The van der Waals surface area contributed by atoms with Crippen molar-refractivity contribution < 1.29 is 9.47 Å². The van der Waals surface area contributed by atoms with E-state index in [1.807, 2.05) is 29.5 Å². The number of ether oxygens (including phenoxy) is 2. The highest BCUT2D eigenvalue weighted by atomic mass is 32.1. The number of fused-ring (bicyclic) bond motifs is 1. The lowest BCUT2D eigenvalue weighted by Gasteiger charge is -2.33. The molecule has 2 aromatic heterocycles. The predicted octanol–water partition coefficient (Wildman–Crippen LogP) is 4.75. The Morgan fingerprint density at radius 3 is 2.38 bits per heavy atom. The molecule has 0 spiro atoms.